The molecule has 1 fully saturated rings. The highest BCUT2D eigenvalue weighted by atomic mass is 32.1. The van der Waals surface area contributed by atoms with Gasteiger partial charge in [0.05, 0.1) is 22.2 Å². The predicted molar refractivity (Wildman–Crippen MR) is 102 cm³/mol. The molecule has 0 atom stereocenters. The van der Waals surface area contributed by atoms with Crippen molar-refractivity contribution in [2.45, 2.75) is 64.5 Å². The van der Waals surface area contributed by atoms with Crippen LogP contribution in [0, 0.1) is 6.92 Å². The van der Waals surface area contributed by atoms with E-state index in [1.165, 1.54) is 30.6 Å². The van der Waals surface area contributed by atoms with E-state index in [0.717, 1.165) is 28.8 Å². The molecule has 0 spiro atoms. The fourth-order valence-electron chi connectivity index (χ4n) is 3.47. The van der Waals surface area contributed by atoms with Crippen LogP contribution in [-0.4, -0.2) is 39.0 Å². The van der Waals surface area contributed by atoms with Crippen molar-refractivity contribution in [1.29, 1.82) is 0 Å². The zero-order chi connectivity index (χ0) is 18.9. The first-order valence-corrected chi connectivity index (χ1v) is 9.86. The van der Waals surface area contributed by atoms with Crippen molar-refractivity contribution < 1.29 is 14.7 Å². The van der Waals surface area contributed by atoms with Crippen LogP contribution < -0.4 is 10.6 Å². The lowest BCUT2D eigenvalue weighted by atomic mass is 9.96. The van der Waals surface area contributed by atoms with E-state index in [1.54, 1.807) is 13.8 Å². The Morgan fingerprint density at radius 1 is 1.35 bits per heavy atom. The van der Waals surface area contributed by atoms with E-state index in [2.05, 4.69) is 15.3 Å². The third kappa shape index (κ3) is 4.00. The molecule has 0 aliphatic heterocycles. The van der Waals surface area contributed by atoms with E-state index in [-0.39, 0.29) is 12.5 Å². The minimum atomic E-state index is -1.10. The van der Waals surface area contributed by atoms with Gasteiger partial charge in [-0.25, -0.2) is 4.79 Å². The van der Waals surface area contributed by atoms with E-state index in [9.17, 15) is 9.59 Å². The number of aryl methyl sites for hydroxylation is 1. The predicted octanol–water partition coefficient (Wildman–Crippen LogP) is 3.69. The van der Waals surface area contributed by atoms with Crippen LogP contribution in [0.3, 0.4) is 0 Å². The molecule has 26 heavy (non-hydrogen) atoms. The number of carboxylic acid groups (broad SMARTS) is 1. The first kappa shape index (κ1) is 18.7. The van der Waals surface area contributed by atoms with Gasteiger partial charge >= 0.3 is 6.09 Å². The summed E-state index contributed by atoms with van der Waals surface area (Å²) in [5.41, 5.74) is 0.281. The first-order valence-electron chi connectivity index (χ1n) is 9.05. The number of nitrogens with one attached hydrogen (secondary N) is 2. The minimum Gasteiger partial charge on any atom is -0.465 e. The Bertz CT molecular complexity index is 818. The molecule has 2 amide bonds. The van der Waals surface area contributed by atoms with Gasteiger partial charge in [-0.1, -0.05) is 19.3 Å². The quantitative estimate of drug-likeness (QED) is 0.739. The number of aromatic nitrogens is 2. The third-order valence-electron chi connectivity index (χ3n) is 4.85. The van der Waals surface area contributed by atoms with Crippen molar-refractivity contribution in [2.24, 2.45) is 0 Å². The number of amides is 2. The van der Waals surface area contributed by atoms with Crippen molar-refractivity contribution in [3.05, 3.63) is 16.6 Å². The number of nitrogens with zero attached hydrogens (tertiary/aromatic N) is 2. The SMILES string of the molecule is Cc1nn(C2CCCCC2)c2sc(C(=O)NC(C)(C)CNC(=O)O)cc12. The Morgan fingerprint density at radius 2 is 2.04 bits per heavy atom. The molecular formula is C18H26N4O3S. The zero-order valence-corrected chi connectivity index (χ0v) is 16.3. The lowest BCUT2D eigenvalue weighted by molar-refractivity contribution is 0.0915. The van der Waals surface area contributed by atoms with Crippen LogP contribution in [0.2, 0.25) is 0 Å². The van der Waals surface area contributed by atoms with Crippen LogP contribution in [0.5, 0.6) is 0 Å². The molecule has 0 bridgehead atoms. The summed E-state index contributed by atoms with van der Waals surface area (Å²) < 4.78 is 2.11. The maximum Gasteiger partial charge on any atom is 0.404 e. The Balaban J connectivity index is 1.80. The molecular weight excluding hydrogens is 352 g/mol. The molecule has 2 heterocycles. The summed E-state index contributed by atoms with van der Waals surface area (Å²) in [6.45, 7) is 5.72. The fourth-order valence-corrected chi connectivity index (χ4v) is 4.60. The second-order valence-electron chi connectivity index (χ2n) is 7.65. The average Bonchev–Trinajstić information content (AvgIpc) is 3.15. The van der Waals surface area contributed by atoms with Crippen molar-refractivity contribution in [1.82, 2.24) is 20.4 Å². The molecule has 0 saturated heterocycles. The van der Waals surface area contributed by atoms with E-state index in [1.807, 2.05) is 13.0 Å². The van der Waals surface area contributed by atoms with Gasteiger partial charge in [-0.3, -0.25) is 9.48 Å². The van der Waals surface area contributed by atoms with E-state index in [4.69, 9.17) is 10.2 Å². The van der Waals surface area contributed by atoms with Crippen LogP contribution in [-0.2, 0) is 0 Å². The van der Waals surface area contributed by atoms with E-state index >= 15 is 0 Å². The molecule has 7 nitrogen and oxygen atoms in total. The summed E-state index contributed by atoms with van der Waals surface area (Å²) in [5.74, 6) is -0.182. The van der Waals surface area contributed by atoms with Gasteiger partial charge in [-0.15, -0.1) is 11.3 Å². The highest BCUT2D eigenvalue weighted by molar-refractivity contribution is 7.20. The van der Waals surface area contributed by atoms with Crippen LogP contribution >= 0.6 is 11.3 Å². The van der Waals surface area contributed by atoms with Gasteiger partial charge in [0.2, 0.25) is 0 Å². The van der Waals surface area contributed by atoms with Crippen LogP contribution in [0.1, 0.15) is 67.4 Å². The third-order valence-corrected chi connectivity index (χ3v) is 5.97. The summed E-state index contributed by atoms with van der Waals surface area (Å²) in [7, 11) is 0. The largest absolute Gasteiger partial charge is 0.465 e. The Labute approximate surface area is 156 Å². The van der Waals surface area contributed by atoms with Crippen molar-refractivity contribution in [3.63, 3.8) is 0 Å². The second kappa shape index (κ2) is 7.26. The smallest absolute Gasteiger partial charge is 0.404 e. The van der Waals surface area contributed by atoms with Crippen LogP contribution in [0.4, 0.5) is 4.79 Å². The number of hydrogen-bond acceptors (Lipinski definition) is 4. The number of fused-ring (bicyclic) bond motifs is 1. The van der Waals surface area contributed by atoms with Gasteiger partial charge in [-0.2, -0.15) is 5.10 Å². The molecule has 2 aromatic heterocycles. The van der Waals surface area contributed by atoms with Gasteiger partial charge in [0.25, 0.3) is 5.91 Å². The monoisotopic (exact) mass is 378 g/mol. The molecule has 3 rings (SSSR count). The van der Waals surface area contributed by atoms with Gasteiger partial charge in [-0.05, 0) is 39.7 Å². The summed E-state index contributed by atoms with van der Waals surface area (Å²) in [6.07, 6.45) is 4.94. The summed E-state index contributed by atoms with van der Waals surface area (Å²) in [6, 6.07) is 2.32. The molecule has 0 radical (unpaired) electrons. The maximum atomic E-state index is 12.7. The molecule has 1 saturated carbocycles. The lowest BCUT2D eigenvalue weighted by Crippen LogP contribution is -2.51. The molecule has 0 aromatic carbocycles. The van der Waals surface area contributed by atoms with Gasteiger partial charge in [0, 0.05) is 11.9 Å². The topological polar surface area (TPSA) is 96.3 Å². The van der Waals surface area contributed by atoms with Crippen molar-refractivity contribution in [2.75, 3.05) is 6.54 Å². The molecule has 142 valence electrons. The van der Waals surface area contributed by atoms with Gasteiger partial charge < -0.3 is 15.7 Å². The Kier molecular flexibility index (Phi) is 5.22. The average molecular weight is 378 g/mol. The van der Waals surface area contributed by atoms with Crippen molar-refractivity contribution >= 4 is 33.6 Å². The molecule has 0 unspecified atom stereocenters. The number of thiophene rings is 1. The van der Waals surface area contributed by atoms with Crippen LogP contribution in [0.15, 0.2) is 6.07 Å². The summed E-state index contributed by atoms with van der Waals surface area (Å²) in [4.78, 5) is 25.0. The normalized spacial score (nSPS) is 16.0. The van der Waals surface area contributed by atoms with E-state index in [0.29, 0.717) is 10.9 Å². The number of carbonyl (C=O) groups excluding carboxylic acids is 1. The second-order valence-corrected chi connectivity index (χ2v) is 8.68. The molecule has 2 aromatic rings. The Morgan fingerprint density at radius 3 is 2.69 bits per heavy atom. The number of carbonyl (C=O) groups is 2. The molecule has 3 N–H and O–H groups in total. The fraction of sp³-hybridized carbons (Fsp3) is 0.611. The Hall–Kier alpha value is -2.09. The molecule has 8 heteroatoms. The molecule has 1 aliphatic rings. The minimum absolute atomic E-state index is 0.147. The van der Waals surface area contributed by atoms with E-state index < -0.39 is 11.6 Å². The van der Waals surface area contributed by atoms with Gasteiger partial charge in [0.15, 0.2) is 0 Å². The van der Waals surface area contributed by atoms with Gasteiger partial charge in [0.1, 0.15) is 4.83 Å². The van der Waals surface area contributed by atoms with Crippen LogP contribution in [0.25, 0.3) is 10.2 Å². The number of hydrogen-bond donors (Lipinski definition) is 3. The summed E-state index contributed by atoms with van der Waals surface area (Å²) >= 11 is 1.46. The highest BCUT2D eigenvalue weighted by Crippen LogP contribution is 2.35. The first-order chi connectivity index (χ1) is 12.3. The highest BCUT2D eigenvalue weighted by Gasteiger charge is 2.26. The summed E-state index contributed by atoms with van der Waals surface area (Å²) in [5, 5.41) is 19.7. The zero-order valence-electron chi connectivity index (χ0n) is 15.5. The lowest BCUT2D eigenvalue weighted by Gasteiger charge is -2.25. The van der Waals surface area contributed by atoms with Crippen molar-refractivity contribution in [3.8, 4) is 0 Å². The molecule has 1 aliphatic carbocycles. The standard InChI is InChI=1S/C18H26N4O3S/c1-11-13-9-14(15(23)20-18(2,3)10-19-17(24)25)26-16(13)22(21-11)12-7-5-4-6-8-12/h9,12,19H,4-8,10H2,1-3H3,(H,20,23)(H,24,25). The number of rotatable bonds is 5. The maximum absolute atomic E-state index is 12.7.